The number of halogens is 1. The lowest BCUT2D eigenvalue weighted by molar-refractivity contribution is 0.306. The predicted octanol–water partition coefficient (Wildman–Crippen LogP) is 3.66. The van der Waals surface area contributed by atoms with Crippen molar-refractivity contribution in [3.05, 3.63) is 52.7 Å². The highest BCUT2D eigenvalue weighted by Gasteiger charge is 2.05. The number of rotatable bonds is 4. The van der Waals surface area contributed by atoms with Crippen LogP contribution in [0.1, 0.15) is 11.1 Å². The van der Waals surface area contributed by atoms with Gasteiger partial charge in [0, 0.05) is 18.8 Å². The summed E-state index contributed by atoms with van der Waals surface area (Å²) in [6.45, 7) is 2.43. The highest BCUT2D eigenvalue weighted by Crippen LogP contribution is 2.26. The van der Waals surface area contributed by atoms with E-state index in [1.54, 1.807) is 6.20 Å². The van der Waals surface area contributed by atoms with E-state index in [9.17, 15) is 0 Å². The zero-order valence-corrected chi connectivity index (χ0v) is 11.2. The van der Waals surface area contributed by atoms with Crippen LogP contribution in [0.4, 0.5) is 5.82 Å². The van der Waals surface area contributed by atoms with Crippen molar-refractivity contribution in [2.45, 2.75) is 13.5 Å². The van der Waals surface area contributed by atoms with Crippen molar-refractivity contribution in [3.63, 3.8) is 0 Å². The second-order valence-electron chi connectivity index (χ2n) is 3.98. The Bertz CT molecular complexity index is 543. The molecule has 0 radical (unpaired) electrons. The molecule has 4 heteroatoms. The molecule has 0 atom stereocenters. The van der Waals surface area contributed by atoms with E-state index in [0.29, 0.717) is 17.4 Å². The van der Waals surface area contributed by atoms with Crippen molar-refractivity contribution >= 4 is 17.4 Å². The molecule has 0 aliphatic heterocycles. The smallest absolute Gasteiger partial charge is 0.138 e. The van der Waals surface area contributed by atoms with Crippen LogP contribution in [0, 0.1) is 6.92 Å². The highest BCUT2D eigenvalue weighted by molar-refractivity contribution is 6.32. The van der Waals surface area contributed by atoms with Gasteiger partial charge in [-0.3, -0.25) is 0 Å². The molecule has 94 valence electrons. The Hall–Kier alpha value is -1.74. The van der Waals surface area contributed by atoms with Gasteiger partial charge < -0.3 is 10.1 Å². The standard InChI is InChI=1S/C14H15ClN2O/c1-10-5-6-13(12(15)8-10)18-9-11-4-3-7-17-14(11)16-2/h3-8H,9H2,1-2H3,(H,16,17). The molecule has 0 aliphatic rings. The Morgan fingerprint density at radius 3 is 2.89 bits per heavy atom. The fourth-order valence-corrected chi connectivity index (χ4v) is 1.95. The van der Waals surface area contributed by atoms with Crippen LogP contribution in [0.3, 0.4) is 0 Å². The summed E-state index contributed by atoms with van der Waals surface area (Å²) in [5.41, 5.74) is 2.11. The molecule has 0 aliphatic carbocycles. The van der Waals surface area contributed by atoms with E-state index >= 15 is 0 Å². The molecule has 0 amide bonds. The van der Waals surface area contributed by atoms with E-state index in [4.69, 9.17) is 16.3 Å². The molecule has 1 aromatic carbocycles. The maximum Gasteiger partial charge on any atom is 0.138 e. The van der Waals surface area contributed by atoms with E-state index < -0.39 is 0 Å². The number of ether oxygens (including phenoxy) is 1. The fraction of sp³-hybridized carbons (Fsp3) is 0.214. The lowest BCUT2D eigenvalue weighted by Crippen LogP contribution is -2.02. The zero-order valence-electron chi connectivity index (χ0n) is 10.4. The van der Waals surface area contributed by atoms with Crippen molar-refractivity contribution in [3.8, 4) is 5.75 Å². The van der Waals surface area contributed by atoms with Gasteiger partial charge in [-0.25, -0.2) is 4.98 Å². The van der Waals surface area contributed by atoms with Crippen molar-refractivity contribution < 1.29 is 4.74 Å². The summed E-state index contributed by atoms with van der Waals surface area (Å²) in [6, 6.07) is 9.60. The van der Waals surface area contributed by atoms with E-state index in [-0.39, 0.29) is 0 Å². The fourth-order valence-electron chi connectivity index (χ4n) is 1.66. The number of anilines is 1. The molecule has 0 bridgehead atoms. The second-order valence-corrected chi connectivity index (χ2v) is 4.39. The number of aromatic nitrogens is 1. The molecule has 18 heavy (non-hydrogen) atoms. The van der Waals surface area contributed by atoms with E-state index in [0.717, 1.165) is 16.9 Å². The van der Waals surface area contributed by atoms with Crippen LogP contribution < -0.4 is 10.1 Å². The molecule has 0 saturated heterocycles. The van der Waals surface area contributed by atoms with E-state index in [2.05, 4.69) is 10.3 Å². The first-order chi connectivity index (χ1) is 8.70. The summed E-state index contributed by atoms with van der Waals surface area (Å²) in [6.07, 6.45) is 1.74. The monoisotopic (exact) mass is 262 g/mol. The Labute approximate surface area is 112 Å². The highest BCUT2D eigenvalue weighted by atomic mass is 35.5. The first kappa shape index (κ1) is 12.7. The summed E-state index contributed by atoms with van der Waals surface area (Å²) in [7, 11) is 1.84. The molecule has 0 saturated carbocycles. The average molecular weight is 263 g/mol. The Morgan fingerprint density at radius 1 is 1.33 bits per heavy atom. The number of aryl methyl sites for hydroxylation is 1. The Balaban J connectivity index is 2.11. The molecule has 2 rings (SSSR count). The summed E-state index contributed by atoms with van der Waals surface area (Å²) < 4.78 is 5.71. The topological polar surface area (TPSA) is 34.2 Å². The molecular formula is C14H15ClN2O. The van der Waals surface area contributed by atoms with Gasteiger partial charge in [0.1, 0.15) is 18.2 Å². The third kappa shape index (κ3) is 2.93. The van der Waals surface area contributed by atoms with Crippen LogP contribution in [0.2, 0.25) is 5.02 Å². The third-order valence-electron chi connectivity index (χ3n) is 2.60. The van der Waals surface area contributed by atoms with Gasteiger partial charge in [0.2, 0.25) is 0 Å². The number of benzene rings is 1. The molecule has 1 aromatic heterocycles. The number of hydrogen-bond acceptors (Lipinski definition) is 3. The van der Waals surface area contributed by atoms with Crippen molar-refractivity contribution in [2.75, 3.05) is 12.4 Å². The lowest BCUT2D eigenvalue weighted by Gasteiger charge is -2.11. The summed E-state index contributed by atoms with van der Waals surface area (Å²) in [4.78, 5) is 4.22. The van der Waals surface area contributed by atoms with Crippen LogP contribution in [0.25, 0.3) is 0 Å². The first-order valence-electron chi connectivity index (χ1n) is 5.71. The number of pyridine rings is 1. The van der Waals surface area contributed by atoms with E-state index in [1.807, 2.05) is 44.3 Å². The summed E-state index contributed by atoms with van der Waals surface area (Å²) in [5.74, 6) is 1.51. The van der Waals surface area contributed by atoms with Gasteiger partial charge in [-0.05, 0) is 30.7 Å². The maximum absolute atomic E-state index is 6.11. The molecule has 0 spiro atoms. The van der Waals surface area contributed by atoms with Gasteiger partial charge in [-0.2, -0.15) is 0 Å². The van der Waals surface area contributed by atoms with Gasteiger partial charge in [0.25, 0.3) is 0 Å². The number of nitrogens with zero attached hydrogens (tertiary/aromatic N) is 1. The SMILES string of the molecule is CNc1ncccc1COc1ccc(C)cc1Cl. The van der Waals surface area contributed by atoms with Gasteiger partial charge in [0.15, 0.2) is 0 Å². The Morgan fingerprint density at radius 2 is 2.17 bits per heavy atom. The van der Waals surface area contributed by atoms with Crippen LogP contribution >= 0.6 is 11.6 Å². The largest absolute Gasteiger partial charge is 0.487 e. The minimum Gasteiger partial charge on any atom is -0.487 e. The van der Waals surface area contributed by atoms with E-state index in [1.165, 1.54) is 0 Å². The molecule has 1 heterocycles. The quantitative estimate of drug-likeness (QED) is 0.913. The van der Waals surface area contributed by atoms with Gasteiger partial charge in [-0.15, -0.1) is 0 Å². The van der Waals surface area contributed by atoms with Crippen LogP contribution in [0.5, 0.6) is 5.75 Å². The van der Waals surface area contributed by atoms with Crippen molar-refractivity contribution in [2.24, 2.45) is 0 Å². The molecule has 2 aromatic rings. The van der Waals surface area contributed by atoms with Gasteiger partial charge in [-0.1, -0.05) is 23.7 Å². The summed E-state index contributed by atoms with van der Waals surface area (Å²) in [5, 5.41) is 3.66. The molecule has 0 fully saturated rings. The van der Waals surface area contributed by atoms with Crippen LogP contribution in [0.15, 0.2) is 36.5 Å². The minimum absolute atomic E-state index is 0.437. The molecule has 0 unspecified atom stereocenters. The molecule has 1 N–H and O–H groups in total. The van der Waals surface area contributed by atoms with Gasteiger partial charge >= 0.3 is 0 Å². The predicted molar refractivity (Wildman–Crippen MR) is 74.3 cm³/mol. The second kappa shape index (κ2) is 5.74. The number of nitrogens with one attached hydrogen (secondary N) is 1. The number of hydrogen-bond donors (Lipinski definition) is 1. The minimum atomic E-state index is 0.437. The van der Waals surface area contributed by atoms with Gasteiger partial charge in [0.05, 0.1) is 5.02 Å². The van der Waals surface area contributed by atoms with Crippen LogP contribution in [-0.2, 0) is 6.61 Å². The molecule has 3 nitrogen and oxygen atoms in total. The Kier molecular flexibility index (Phi) is 4.05. The normalized spacial score (nSPS) is 10.2. The maximum atomic E-state index is 6.11. The van der Waals surface area contributed by atoms with Crippen LogP contribution in [-0.4, -0.2) is 12.0 Å². The molecular weight excluding hydrogens is 248 g/mol. The average Bonchev–Trinajstić information content (AvgIpc) is 2.38. The lowest BCUT2D eigenvalue weighted by atomic mass is 10.2. The first-order valence-corrected chi connectivity index (χ1v) is 6.09. The van der Waals surface area contributed by atoms with Crippen molar-refractivity contribution in [1.82, 2.24) is 4.98 Å². The van der Waals surface area contributed by atoms with Crippen molar-refractivity contribution in [1.29, 1.82) is 0 Å². The summed E-state index contributed by atoms with van der Waals surface area (Å²) >= 11 is 6.11. The zero-order chi connectivity index (χ0) is 13.0. The third-order valence-corrected chi connectivity index (χ3v) is 2.89.